The predicted octanol–water partition coefficient (Wildman–Crippen LogP) is 8.20. The molecule has 0 amide bonds. The topological polar surface area (TPSA) is 117 Å². The zero-order valence-corrected chi connectivity index (χ0v) is 19.8. The lowest BCUT2D eigenvalue weighted by Crippen LogP contribution is -2.04. The van der Waals surface area contributed by atoms with Gasteiger partial charge in [0.05, 0.1) is 11.1 Å². The molecule has 4 aromatic carbocycles. The summed E-state index contributed by atoms with van der Waals surface area (Å²) in [6, 6.07) is 21.9. The van der Waals surface area contributed by atoms with Crippen LogP contribution < -0.4 is 4.74 Å². The lowest BCUT2D eigenvalue weighted by Gasteiger charge is -2.10. The fourth-order valence-corrected chi connectivity index (χ4v) is 4.15. The van der Waals surface area contributed by atoms with Gasteiger partial charge in [-0.05, 0) is 54.1 Å². The van der Waals surface area contributed by atoms with Gasteiger partial charge in [-0.25, -0.2) is 4.79 Å². The van der Waals surface area contributed by atoms with E-state index >= 15 is 0 Å². The number of aromatic hydroxyl groups is 2. The molecular weight excluding hydrogens is 515 g/mol. The first-order valence-corrected chi connectivity index (χ1v) is 11.4. The average molecular weight is 533 g/mol. The number of phenolic OH excluding ortho intramolecular Hbond substituents is 1. The standard InChI is InChI=1S/C28H18F3N3O5/c29-28(30,31)17-11-13-18(14-12-17)34-23-10-2-1-7-21(23)24(26(34)36)33-32-22-9-4-8-20(25(22)35)16-5-3-6-19(15-16)39-27(37)38/h1-15,35-36H,(H,37,38). The number of phenols is 1. The molecule has 1 aromatic heterocycles. The van der Waals surface area contributed by atoms with E-state index in [-0.39, 0.29) is 34.4 Å². The maximum atomic E-state index is 13.0. The summed E-state index contributed by atoms with van der Waals surface area (Å²) in [5.41, 5.74) is 0.847. The Morgan fingerprint density at radius 1 is 0.846 bits per heavy atom. The van der Waals surface area contributed by atoms with Crippen LogP contribution in [0.2, 0.25) is 0 Å². The highest BCUT2D eigenvalue weighted by Crippen LogP contribution is 2.44. The van der Waals surface area contributed by atoms with Crippen molar-refractivity contribution in [2.75, 3.05) is 0 Å². The maximum absolute atomic E-state index is 13.0. The molecule has 0 unspecified atom stereocenters. The first-order valence-electron chi connectivity index (χ1n) is 11.4. The molecule has 0 aliphatic carbocycles. The Balaban J connectivity index is 1.55. The summed E-state index contributed by atoms with van der Waals surface area (Å²) in [6.07, 6.45) is -5.98. The second kappa shape index (κ2) is 9.86. The van der Waals surface area contributed by atoms with Crippen molar-refractivity contribution in [2.24, 2.45) is 10.2 Å². The normalized spacial score (nSPS) is 11.8. The number of halogens is 3. The molecule has 0 saturated carbocycles. The zero-order valence-electron chi connectivity index (χ0n) is 19.8. The highest BCUT2D eigenvalue weighted by molar-refractivity contribution is 5.96. The number of para-hydroxylation sites is 2. The molecule has 5 aromatic rings. The maximum Gasteiger partial charge on any atom is 0.511 e. The van der Waals surface area contributed by atoms with Gasteiger partial charge in [0.15, 0.2) is 11.4 Å². The average Bonchev–Trinajstić information content (AvgIpc) is 3.18. The molecule has 0 saturated heterocycles. The number of carbonyl (C=O) groups is 1. The Hall–Kier alpha value is -5.32. The van der Waals surface area contributed by atoms with Gasteiger partial charge in [-0.3, -0.25) is 4.57 Å². The molecule has 5 rings (SSSR count). The van der Waals surface area contributed by atoms with Crippen LogP contribution in [0.15, 0.2) is 101 Å². The fourth-order valence-electron chi connectivity index (χ4n) is 4.15. The molecule has 0 aliphatic rings. The summed E-state index contributed by atoms with van der Waals surface area (Å²) in [5, 5.41) is 39.6. The van der Waals surface area contributed by atoms with Crippen molar-refractivity contribution in [3.8, 4) is 34.2 Å². The van der Waals surface area contributed by atoms with E-state index in [4.69, 9.17) is 5.11 Å². The van der Waals surface area contributed by atoms with E-state index < -0.39 is 17.9 Å². The van der Waals surface area contributed by atoms with Gasteiger partial charge in [0, 0.05) is 16.6 Å². The van der Waals surface area contributed by atoms with Crippen molar-refractivity contribution >= 4 is 28.4 Å². The van der Waals surface area contributed by atoms with Crippen LogP contribution in [0.3, 0.4) is 0 Å². The Morgan fingerprint density at radius 2 is 1.56 bits per heavy atom. The van der Waals surface area contributed by atoms with Gasteiger partial charge < -0.3 is 20.1 Å². The SMILES string of the molecule is O=C(O)Oc1cccc(-c2cccc(N=Nc3c(O)n(-c4ccc(C(F)(F)F)cc4)c4ccccc34)c2O)c1. The molecule has 0 aliphatic heterocycles. The summed E-state index contributed by atoms with van der Waals surface area (Å²) in [4.78, 5) is 10.9. The van der Waals surface area contributed by atoms with Gasteiger partial charge in [0.25, 0.3) is 0 Å². The van der Waals surface area contributed by atoms with Crippen molar-refractivity contribution in [2.45, 2.75) is 6.18 Å². The number of alkyl halides is 3. The minimum Gasteiger partial charge on any atom is -0.505 e. The molecule has 0 fully saturated rings. The van der Waals surface area contributed by atoms with Crippen LogP contribution in [0.5, 0.6) is 17.4 Å². The van der Waals surface area contributed by atoms with E-state index in [1.165, 1.54) is 34.9 Å². The molecule has 0 spiro atoms. The van der Waals surface area contributed by atoms with Crippen LogP contribution in [0, 0.1) is 0 Å². The monoisotopic (exact) mass is 533 g/mol. The van der Waals surface area contributed by atoms with Gasteiger partial charge >= 0.3 is 12.3 Å². The number of nitrogens with zero attached hydrogens (tertiary/aromatic N) is 3. The van der Waals surface area contributed by atoms with Crippen molar-refractivity contribution in [1.82, 2.24) is 4.57 Å². The highest BCUT2D eigenvalue weighted by Gasteiger charge is 2.30. The summed E-state index contributed by atoms with van der Waals surface area (Å²) in [5.74, 6) is -0.541. The van der Waals surface area contributed by atoms with E-state index in [1.807, 2.05) is 0 Å². The van der Waals surface area contributed by atoms with Gasteiger partial charge in [0.2, 0.25) is 5.88 Å². The summed E-state index contributed by atoms with van der Waals surface area (Å²) < 4.78 is 45.1. The zero-order chi connectivity index (χ0) is 27.7. The van der Waals surface area contributed by atoms with Gasteiger partial charge in [0.1, 0.15) is 11.4 Å². The summed E-state index contributed by atoms with van der Waals surface area (Å²) in [7, 11) is 0. The lowest BCUT2D eigenvalue weighted by atomic mass is 10.0. The van der Waals surface area contributed by atoms with E-state index in [9.17, 15) is 28.2 Å². The molecule has 0 bridgehead atoms. The van der Waals surface area contributed by atoms with Crippen LogP contribution in [0.4, 0.5) is 29.3 Å². The van der Waals surface area contributed by atoms with Crippen LogP contribution in [0.1, 0.15) is 5.56 Å². The van der Waals surface area contributed by atoms with E-state index in [2.05, 4.69) is 15.0 Å². The number of aromatic nitrogens is 1. The van der Waals surface area contributed by atoms with Crippen LogP contribution in [0.25, 0.3) is 27.7 Å². The fraction of sp³-hybridized carbons (Fsp3) is 0.0357. The molecular formula is C28H18F3N3O5. The summed E-state index contributed by atoms with van der Waals surface area (Å²) >= 11 is 0. The number of hydrogen-bond acceptors (Lipinski definition) is 6. The highest BCUT2D eigenvalue weighted by atomic mass is 19.4. The third-order valence-corrected chi connectivity index (χ3v) is 5.90. The van der Waals surface area contributed by atoms with Gasteiger partial charge in [-0.2, -0.15) is 13.2 Å². The smallest absolute Gasteiger partial charge is 0.505 e. The Labute approximate surface area is 218 Å². The number of ether oxygens (including phenoxy) is 1. The van der Waals surface area contributed by atoms with Crippen LogP contribution >= 0.6 is 0 Å². The predicted molar refractivity (Wildman–Crippen MR) is 136 cm³/mol. The molecule has 8 nitrogen and oxygen atoms in total. The Bertz CT molecular complexity index is 1730. The molecule has 39 heavy (non-hydrogen) atoms. The Kier molecular flexibility index (Phi) is 6.40. The number of benzene rings is 4. The first kappa shape index (κ1) is 25.3. The van der Waals surface area contributed by atoms with Crippen molar-refractivity contribution in [1.29, 1.82) is 0 Å². The minimum atomic E-state index is -4.50. The largest absolute Gasteiger partial charge is 0.511 e. The second-order valence-corrected chi connectivity index (χ2v) is 8.34. The minimum absolute atomic E-state index is 0.0483. The molecule has 11 heteroatoms. The number of fused-ring (bicyclic) bond motifs is 1. The summed E-state index contributed by atoms with van der Waals surface area (Å²) in [6.45, 7) is 0. The van der Waals surface area contributed by atoms with E-state index in [0.29, 0.717) is 22.0 Å². The van der Waals surface area contributed by atoms with Crippen molar-refractivity contribution in [3.05, 3.63) is 96.6 Å². The number of azo groups is 1. The number of rotatable bonds is 5. The third-order valence-electron chi connectivity index (χ3n) is 5.90. The Morgan fingerprint density at radius 3 is 2.28 bits per heavy atom. The van der Waals surface area contributed by atoms with Crippen molar-refractivity contribution < 1.29 is 38.0 Å². The van der Waals surface area contributed by atoms with Crippen LogP contribution in [-0.2, 0) is 6.18 Å². The van der Waals surface area contributed by atoms with Crippen LogP contribution in [-0.4, -0.2) is 26.0 Å². The molecule has 0 atom stereocenters. The lowest BCUT2D eigenvalue weighted by molar-refractivity contribution is -0.137. The van der Waals surface area contributed by atoms with Crippen molar-refractivity contribution in [3.63, 3.8) is 0 Å². The quantitative estimate of drug-likeness (QED) is 0.120. The van der Waals surface area contributed by atoms with Gasteiger partial charge in [-0.15, -0.1) is 10.2 Å². The van der Waals surface area contributed by atoms with Gasteiger partial charge in [-0.1, -0.05) is 42.5 Å². The molecule has 196 valence electrons. The molecule has 0 radical (unpaired) electrons. The molecule has 3 N–H and O–H groups in total. The molecule has 1 heterocycles. The first-order chi connectivity index (χ1) is 18.6. The third kappa shape index (κ3) is 4.97. The number of hydrogen-bond donors (Lipinski definition) is 3. The second-order valence-electron chi connectivity index (χ2n) is 8.34. The van der Waals surface area contributed by atoms with E-state index in [0.717, 1.165) is 12.1 Å². The van der Waals surface area contributed by atoms with E-state index in [1.54, 1.807) is 48.5 Å². The number of carboxylic acid groups (broad SMARTS) is 1.